The van der Waals surface area contributed by atoms with E-state index < -0.39 is 36.2 Å². The van der Waals surface area contributed by atoms with Crippen LogP contribution in [0, 0.1) is 0 Å². The van der Waals surface area contributed by atoms with E-state index in [0.717, 1.165) is 32.7 Å². The second-order valence-corrected chi connectivity index (χ2v) is 10.1. The van der Waals surface area contributed by atoms with Gasteiger partial charge in [-0.2, -0.15) is 0 Å². The van der Waals surface area contributed by atoms with Gasteiger partial charge < -0.3 is 9.47 Å². The van der Waals surface area contributed by atoms with E-state index in [-0.39, 0.29) is 0 Å². The summed E-state index contributed by atoms with van der Waals surface area (Å²) in [4.78, 5) is 30.4. The summed E-state index contributed by atoms with van der Waals surface area (Å²) in [6.07, 6.45) is -1.75. The highest BCUT2D eigenvalue weighted by molar-refractivity contribution is 5.89. The number of fused-ring (bicyclic) bond motifs is 2. The van der Waals surface area contributed by atoms with Crippen molar-refractivity contribution in [2.45, 2.75) is 38.1 Å². The lowest BCUT2D eigenvalue weighted by Gasteiger charge is -2.32. The van der Waals surface area contributed by atoms with E-state index in [4.69, 9.17) is 9.47 Å². The van der Waals surface area contributed by atoms with Crippen LogP contribution in [0.25, 0.3) is 21.5 Å². The standard InChI is InChI=1S/C32H36N2O4/c1-21(33(3)4)31(35)37-29(27-19-11-15-23-13-7-9-17-25(23)27)30(38-32(36)22(2)34(5)6)28-20-12-16-24-14-8-10-18-26(24)28/h7-22,29-30H,1-6H3/t21-,22-,29-,30-/m0/s1. The van der Waals surface area contributed by atoms with Gasteiger partial charge in [0.05, 0.1) is 0 Å². The van der Waals surface area contributed by atoms with Gasteiger partial charge in [-0.15, -0.1) is 0 Å². The number of hydrogen-bond donors (Lipinski definition) is 0. The average molecular weight is 513 g/mol. The molecule has 6 nitrogen and oxygen atoms in total. The molecule has 4 atom stereocenters. The summed E-state index contributed by atoms with van der Waals surface area (Å²) in [5, 5.41) is 3.90. The number of hydrogen-bond acceptors (Lipinski definition) is 6. The molecule has 4 aromatic carbocycles. The maximum absolute atomic E-state index is 13.4. The third kappa shape index (κ3) is 5.72. The molecule has 0 aromatic heterocycles. The first kappa shape index (κ1) is 27.3. The van der Waals surface area contributed by atoms with E-state index in [0.29, 0.717) is 0 Å². The molecule has 198 valence electrons. The first-order valence-electron chi connectivity index (χ1n) is 12.9. The molecule has 0 saturated heterocycles. The average Bonchev–Trinajstić information content (AvgIpc) is 2.93. The van der Waals surface area contributed by atoms with Crippen LogP contribution in [-0.2, 0) is 19.1 Å². The van der Waals surface area contributed by atoms with Gasteiger partial charge in [0.15, 0.2) is 12.2 Å². The Morgan fingerprint density at radius 3 is 1.26 bits per heavy atom. The van der Waals surface area contributed by atoms with Crippen LogP contribution in [0.5, 0.6) is 0 Å². The molecule has 0 fully saturated rings. The van der Waals surface area contributed by atoms with Gasteiger partial charge in [0, 0.05) is 11.1 Å². The fourth-order valence-electron chi connectivity index (χ4n) is 4.44. The van der Waals surface area contributed by atoms with Gasteiger partial charge in [0.2, 0.25) is 0 Å². The largest absolute Gasteiger partial charge is 0.452 e. The van der Waals surface area contributed by atoms with Crippen molar-refractivity contribution in [2.75, 3.05) is 28.2 Å². The monoisotopic (exact) mass is 512 g/mol. The van der Waals surface area contributed by atoms with Crippen molar-refractivity contribution < 1.29 is 19.1 Å². The number of esters is 2. The zero-order valence-electron chi connectivity index (χ0n) is 22.9. The van der Waals surface area contributed by atoms with Gasteiger partial charge in [-0.25, -0.2) is 0 Å². The van der Waals surface area contributed by atoms with Crippen LogP contribution in [0.4, 0.5) is 0 Å². The molecule has 0 heterocycles. The van der Waals surface area contributed by atoms with Crippen LogP contribution in [0.2, 0.25) is 0 Å². The normalized spacial score (nSPS) is 14.8. The first-order chi connectivity index (χ1) is 18.2. The second kappa shape index (κ2) is 11.8. The summed E-state index contributed by atoms with van der Waals surface area (Å²) in [6.45, 7) is 3.60. The van der Waals surface area contributed by atoms with Gasteiger partial charge in [-0.1, -0.05) is 84.9 Å². The molecule has 0 aliphatic rings. The second-order valence-electron chi connectivity index (χ2n) is 10.1. The Kier molecular flexibility index (Phi) is 8.45. The fourth-order valence-corrected chi connectivity index (χ4v) is 4.44. The van der Waals surface area contributed by atoms with E-state index in [9.17, 15) is 9.59 Å². The highest BCUT2D eigenvalue weighted by Crippen LogP contribution is 2.41. The maximum Gasteiger partial charge on any atom is 0.323 e. The van der Waals surface area contributed by atoms with E-state index >= 15 is 0 Å². The molecule has 0 N–H and O–H groups in total. The van der Waals surface area contributed by atoms with E-state index in [1.807, 2.05) is 113 Å². The molecular formula is C32H36N2O4. The van der Waals surface area contributed by atoms with Gasteiger partial charge >= 0.3 is 11.9 Å². The number of likely N-dealkylation sites (N-methyl/N-ethyl adjacent to an activating group) is 2. The zero-order chi connectivity index (χ0) is 27.4. The zero-order valence-corrected chi connectivity index (χ0v) is 22.9. The van der Waals surface area contributed by atoms with Gasteiger partial charge in [-0.3, -0.25) is 19.4 Å². The SMILES string of the molecule is C[C@@H](C(=O)O[C@@H](c1cccc2ccccc12)[C@@H](OC(=O)[C@H](C)N(C)C)c1cccc2ccccc12)N(C)C. The minimum Gasteiger partial charge on any atom is -0.452 e. The smallest absolute Gasteiger partial charge is 0.323 e. The lowest BCUT2D eigenvalue weighted by atomic mass is 9.91. The molecule has 0 aliphatic carbocycles. The summed E-state index contributed by atoms with van der Waals surface area (Å²) in [5.41, 5.74) is 1.57. The molecule has 0 unspecified atom stereocenters. The Morgan fingerprint density at radius 2 is 0.895 bits per heavy atom. The van der Waals surface area contributed by atoms with Crippen molar-refractivity contribution in [3.63, 3.8) is 0 Å². The molecule has 6 heteroatoms. The topological polar surface area (TPSA) is 59.1 Å². The van der Waals surface area contributed by atoms with Crippen LogP contribution >= 0.6 is 0 Å². The number of benzene rings is 4. The maximum atomic E-state index is 13.4. The number of nitrogens with zero attached hydrogens (tertiary/aromatic N) is 2. The Balaban J connectivity index is 1.94. The first-order valence-corrected chi connectivity index (χ1v) is 12.9. The molecule has 38 heavy (non-hydrogen) atoms. The third-order valence-electron chi connectivity index (χ3n) is 7.25. The fraction of sp³-hybridized carbons (Fsp3) is 0.312. The summed E-state index contributed by atoms with van der Waals surface area (Å²) < 4.78 is 12.6. The van der Waals surface area contributed by atoms with E-state index in [1.54, 1.807) is 23.6 Å². The molecule has 0 bridgehead atoms. The van der Waals surface area contributed by atoms with Crippen molar-refractivity contribution in [1.82, 2.24) is 9.80 Å². The van der Waals surface area contributed by atoms with Gasteiger partial charge in [0.1, 0.15) is 12.1 Å². The Hall–Kier alpha value is -3.74. The van der Waals surface area contributed by atoms with Crippen LogP contribution in [0.15, 0.2) is 84.9 Å². The van der Waals surface area contributed by atoms with Crippen LogP contribution in [0.3, 0.4) is 0 Å². The summed E-state index contributed by atoms with van der Waals surface area (Å²) in [5.74, 6) is -0.787. The van der Waals surface area contributed by atoms with Gasteiger partial charge in [-0.05, 0) is 63.6 Å². The quantitative estimate of drug-likeness (QED) is 0.266. The highest BCUT2D eigenvalue weighted by Gasteiger charge is 2.36. The molecular weight excluding hydrogens is 476 g/mol. The lowest BCUT2D eigenvalue weighted by molar-refractivity contribution is -0.174. The van der Waals surface area contributed by atoms with Crippen molar-refractivity contribution in [1.29, 1.82) is 0 Å². The van der Waals surface area contributed by atoms with E-state index in [1.165, 1.54) is 0 Å². The van der Waals surface area contributed by atoms with Crippen molar-refractivity contribution in [2.24, 2.45) is 0 Å². The Labute approximate surface area is 224 Å². The highest BCUT2D eigenvalue weighted by atomic mass is 16.6. The van der Waals surface area contributed by atoms with Crippen LogP contribution < -0.4 is 0 Å². The van der Waals surface area contributed by atoms with Crippen molar-refractivity contribution in [3.8, 4) is 0 Å². The summed E-state index contributed by atoms with van der Waals surface area (Å²) in [6, 6.07) is 26.8. The number of carbonyl (C=O) groups excluding carboxylic acids is 2. The summed E-state index contributed by atoms with van der Waals surface area (Å²) >= 11 is 0. The number of rotatable bonds is 9. The van der Waals surface area contributed by atoms with Crippen molar-refractivity contribution >= 4 is 33.5 Å². The lowest BCUT2D eigenvalue weighted by Crippen LogP contribution is -2.38. The molecule has 4 aromatic rings. The van der Waals surface area contributed by atoms with Crippen LogP contribution in [-0.4, -0.2) is 62.0 Å². The predicted molar refractivity (Wildman–Crippen MR) is 152 cm³/mol. The molecule has 0 spiro atoms. The minimum atomic E-state index is -0.875. The van der Waals surface area contributed by atoms with E-state index in [2.05, 4.69) is 0 Å². The van der Waals surface area contributed by atoms with Gasteiger partial charge in [0.25, 0.3) is 0 Å². The van der Waals surface area contributed by atoms with Crippen LogP contribution in [0.1, 0.15) is 37.2 Å². The molecule has 0 saturated carbocycles. The molecule has 0 aliphatic heterocycles. The predicted octanol–water partition coefficient (Wildman–Crippen LogP) is 5.76. The summed E-state index contributed by atoms with van der Waals surface area (Å²) in [7, 11) is 7.33. The number of ether oxygens (including phenoxy) is 2. The minimum absolute atomic E-state index is 0.394. The Morgan fingerprint density at radius 1 is 0.553 bits per heavy atom. The molecule has 4 rings (SSSR count). The Bertz CT molecular complexity index is 1310. The number of carbonyl (C=O) groups is 2. The third-order valence-corrected chi connectivity index (χ3v) is 7.25. The van der Waals surface area contributed by atoms with Crippen molar-refractivity contribution in [3.05, 3.63) is 96.1 Å². The molecule has 0 radical (unpaired) electrons. The molecule has 0 amide bonds.